The lowest BCUT2D eigenvalue weighted by molar-refractivity contribution is 0.202. The first-order valence-electron chi connectivity index (χ1n) is 7.62. The molecule has 5 heteroatoms. The average Bonchev–Trinajstić information content (AvgIpc) is 3.08. The van der Waals surface area contributed by atoms with Crippen LogP contribution in [0.2, 0.25) is 0 Å². The van der Waals surface area contributed by atoms with Gasteiger partial charge in [-0.1, -0.05) is 18.2 Å². The van der Waals surface area contributed by atoms with Crippen LogP contribution in [-0.2, 0) is 17.7 Å². The molecular formula is C18H20N4O. The van der Waals surface area contributed by atoms with E-state index in [1.807, 2.05) is 42.9 Å². The van der Waals surface area contributed by atoms with Crippen molar-refractivity contribution in [3.05, 3.63) is 72.4 Å². The summed E-state index contributed by atoms with van der Waals surface area (Å²) < 4.78 is 7.19. The summed E-state index contributed by atoms with van der Waals surface area (Å²) in [6, 6.07) is 14.2. The van der Waals surface area contributed by atoms with Crippen LogP contribution in [0.25, 0.3) is 5.69 Å². The van der Waals surface area contributed by atoms with Crippen molar-refractivity contribution in [3.8, 4) is 5.69 Å². The predicted octanol–water partition coefficient (Wildman–Crippen LogP) is 3.07. The van der Waals surface area contributed by atoms with Crippen LogP contribution in [0.15, 0.2) is 61.1 Å². The van der Waals surface area contributed by atoms with E-state index in [0.717, 1.165) is 23.8 Å². The summed E-state index contributed by atoms with van der Waals surface area (Å²) in [5, 5.41) is 3.34. The molecule has 1 N–H and O–H groups in total. The number of aromatic nitrogens is 3. The zero-order valence-corrected chi connectivity index (χ0v) is 13.1. The van der Waals surface area contributed by atoms with Crippen LogP contribution in [0.5, 0.6) is 0 Å². The molecule has 5 nitrogen and oxygen atoms in total. The number of hydrogen-bond donors (Lipinski definition) is 1. The molecule has 0 aliphatic rings. The fourth-order valence-corrected chi connectivity index (χ4v) is 2.40. The van der Waals surface area contributed by atoms with Crippen molar-refractivity contribution < 1.29 is 4.74 Å². The van der Waals surface area contributed by atoms with E-state index in [2.05, 4.69) is 38.1 Å². The number of ether oxygens (including phenoxy) is 1. The molecule has 2 aromatic heterocycles. The van der Waals surface area contributed by atoms with E-state index in [-0.39, 0.29) is 0 Å². The molecule has 2 heterocycles. The molecule has 0 spiro atoms. The number of rotatable bonds is 7. The van der Waals surface area contributed by atoms with E-state index in [9.17, 15) is 0 Å². The zero-order valence-electron chi connectivity index (χ0n) is 13.1. The zero-order chi connectivity index (χ0) is 15.9. The van der Waals surface area contributed by atoms with Gasteiger partial charge in [-0.3, -0.25) is 0 Å². The van der Waals surface area contributed by atoms with E-state index in [1.54, 1.807) is 7.11 Å². The van der Waals surface area contributed by atoms with Crippen molar-refractivity contribution >= 4 is 5.82 Å². The van der Waals surface area contributed by atoms with Gasteiger partial charge < -0.3 is 14.6 Å². The molecule has 0 aliphatic carbocycles. The second-order valence-electron chi connectivity index (χ2n) is 5.19. The lowest BCUT2D eigenvalue weighted by Crippen LogP contribution is -2.08. The Balaban J connectivity index is 1.69. The number of nitrogens with one attached hydrogen (secondary N) is 1. The van der Waals surface area contributed by atoms with Gasteiger partial charge in [0.05, 0.1) is 13.2 Å². The predicted molar refractivity (Wildman–Crippen MR) is 90.7 cm³/mol. The van der Waals surface area contributed by atoms with E-state index in [4.69, 9.17) is 4.74 Å². The van der Waals surface area contributed by atoms with Crippen LogP contribution >= 0.6 is 0 Å². The molecule has 118 valence electrons. The smallest absolute Gasteiger partial charge is 0.132 e. The third-order valence-electron chi connectivity index (χ3n) is 3.60. The molecule has 0 saturated heterocycles. The highest BCUT2D eigenvalue weighted by Crippen LogP contribution is 2.13. The molecule has 1 aromatic carbocycles. The second-order valence-corrected chi connectivity index (χ2v) is 5.19. The maximum absolute atomic E-state index is 5.12. The number of pyridine rings is 1. The number of para-hydroxylation sites is 1. The van der Waals surface area contributed by atoms with Gasteiger partial charge in [-0.2, -0.15) is 0 Å². The SMILES string of the molecule is COCCc1ccnc(NCc2nccn2-c2ccccc2)c1. The molecule has 0 amide bonds. The van der Waals surface area contributed by atoms with Crippen molar-refractivity contribution in [2.45, 2.75) is 13.0 Å². The van der Waals surface area contributed by atoms with Gasteiger partial charge in [0.1, 0.15) is 11.6 Å². The number of imidazole rings is 1. The Morgan fingerprint density at radius 1 is 1.09 bits per heavy atom. The molecule has 0 fully saturated rings. The van der Waals surface area contributed by atoms with Crippen molar-refractivity contribution in [2.24, 2.45) is 0 Å². The Morgan fingerprint density at radius 3 is 2.78 bits per heavy atom. The van der Waals surface area contributed by atoms with Crippen molar-refractivity contribution in [2.75, 3.05) is 19.0 Å². The Morgan fingerprint density at radius 2 is 1.96 bits per heavy atom. The van der Waals surface area contributed by atoms with Gasteiger partial charge in [-0.25, -0.2) is 9.97 Å². The van der Waals surface area contributed by atoms with Gasteiger partial charge in [0.2, 0.25) is 0 Å². The monoisotopic (exact) mass is 308 g/mol. The lowest BCUT2D eigenvalue weighted by atomic mass is 10.2. The first-order valence-corrected chi connectivity index (χ1v) is 7.62. The molecule has 23 heavy (non-hydrogen) atoms. The summed E-state index contributed by atoms with van der Waals surface area (Å²) in [5.74, 6) is 1.79. The third-order valence-corrected chi connectivity index (χ3v) is 3.60. The van der Waals surface area contributed by atoms with Gasteiger partial charge >= 0.3 is 0 Å². The normalized spacial score (nSPS) is 10.7. The Bertz CT molecular complexity index is 740. The summed E-state index contributed by atoms with van der Waals surface area (Å²) in [6.07, 6.45) is 6.48. The third kappa shape index (κ3) is 3.96. The average molecular weight is 308 g/mol. The van der Waals surface area contributed by atoms with Crippen LogP contribution in [0.4, 0.5) is 5.82 Å². The largest absolute Gasteiger partial charge is 0.384 e. The van der Waals surface area contributed by atoms with Crippen molar-refractivity contribution in [3.63, 3.8) is 0 Å². The van der Waals surface area contributed by atoms with E-state index in [0.29, 0.717) is 13.2 Å². The number of benzene rings is 1. The molecule has 0 unspecified atom stereocenters. The minimum Gasteiger partial charge on any atom is -0.384 e. The van der Waals surface area contributed by atoms with Crippen LogP contribution in [-0.4, -0.2) is 28.3 Å². The molecule has 0 atom stereocenters. The Hall–Kier alpha value is -2.66. The van der Waals surface area contributed by atoms with Crippen LogP contribution in [0.1, 0.15) is 11.4 Å². The molecule has 3 rings (SSSR count). The van der Waals surface area contributed by atoms with Gasteiger partial charge in [0, 0.05) is 31.4 Å². The summed E-state index contributed by atoms with van der Waals surface area (Å²) >= 11 is 0. The van der Waals surface area contributed by atoms with Crippen LogP contribution in [0.3, 0.4) is 0 Å². The molecule has 0 radical (unpaired) electrons. The van der Waals surface area contributed by atoms with Gasteiger partial charge in [0.15, 0.2) is 0 Å². The molecule has 3 aromatic rings. The maximum atomic E-state index is 5.12. The van der Waals surface area contributed by atoms with Crippen molar-refractivity contribution in [1.29, 1.82) is 0 Å². The number of nitrogens with zero attached hydrogens (tertiary/aromatic N) is 3. The summed E-state index contributed by atoms with van der Waals surface area (Å²) in [4.78, 5) is 8.79. The minimum atomic E-state index is 0.614. The first-order chi connectivity index (χ1) is 11.4. The summed E-state index contributed by atoms with van der Waals surface area (Å²) in [5.41, 5.74) is 2.30. The molecule has 0 saturated carbocycles. The molecule has 0 bridgehead atoms. The second kappa shape index (κ2) is 7.56. The Labute approximate surface area is 136 Å². The number of anilines is 1. The standard InChI is InChI=1S/C18H20N4O/c1-23-12-8-15-7-9-19-17(13-15)21-14-18-20-10-11-22(18)16-5-3-2-4-6-16/h2-7,9-11,13H,8,12,14H2,1H3,(H,19,21). The highest BCUT2D eigenvalue weighted by Gasteiger charge is 2.05. The molecular weight excluding hydrogens is 288 g/mol. The fourth-order valence-electron chi connectivity index (χ4n) is 2.40. The van der Waals surface area contributed by atoms with Crippen LogP contribution in [0, 0.1) is 0 Å². The summed E-state index contributed by atoms with van der Waals surface area (Å²) in [6.45, 7) is 1.32. The van der Waals surface area contributed by atoms with E-state index < -0.39 is 0 Å². The van der Waals surface area contributed by atoms with Crippen LogP contribution < -0.4 is 5.32 Å². The minimum absolute atomic E-state index is 0.614. The number of hydrogen-bond acceptors (Lipinski definition) is 4. The van der Waals surface area contributed by atoms with Gasteiger partial charge in [0.25, 0.3) is 0 Å². The highest BCUT2D eigenvalue weighted by atomic mass is 16.5. The highest BCUT2D eigenvalue weighted by molar-refractivity contribution is 5.39. The topological polar surface area (TPSA) is 52.0 Å². The first kappa shape index (κ1) is 15.2. The maximum Gasteiger partial charge on any atom is 0.132 e. The fraction of sp³-hybridized carbons (Fsp3) is 0.222. The Kier molecular flexibility index (Phi) is 5.01. The van der Waals surface area contributed by atoms with Gasteiger partial charge in [-0.05, 0) is 36.2 Å². The van der Waals surface area contributed by atoms with Crippen molar-refractivity contribution in [1.82, 2.24) is 14.5 Å². The quantitative estimate of drug-likeness (QED) is 0.729. The number of methoxy groups -OCH3 is 1. The summed E-state index contributed by atoms with van der Waals surface area (Å²) in [7, 11) is 1.71. The molecule has 0 aliphatic heterocycles. The van der Waals surface area contributed by atoms with E-state index >= 15 is 0 Å². The van der Waals surface area contributed by atoms with Gasteiger partial charge in [-0.15, -0.1) is 0 Å². The lowest BCUT2D eigenvalue weighted by Gasteiger charge is -2.10. The van der Waals surface area contributed by atoms with E-state index in [1.165, 1.54) is 5.56 Å².